The Balaban J connectivity index is 1.61. The predicted octanol–water partition coefficient (Wildman–Crippen LogP) is 1.42. The fourth-order valence-electron chi connectivity index (χ4n) is 2.32. The van der Waals surface area contributed by atoms with Crippen molar-refractivity contribution in [1.29, 1.82) is 0 Å². The molecular weight excluding hydrogens is 214 g/mol. The lowest BCUT2D eigenvalue weighted by Crippen LogP contribution is -2.46. The maximum Gasteiger partial charge on any atom is 0.139 e. The summed E-state index contributed by atoms with van der Waals surface area (Å²) in [5.41, 5.74) is 1.20. The molecule has 0 aromatic carbocycles. The minimum atomic E-state index is 0.533. The van der Waals surface area contributed by atoms with Crippen molar-refractivity contribution in [3.63, 3.8) is 0 Å². The van der Waals surface area contributed by atoms with Crippen LogP contribution in [0.1, 0.15) is 19.3 Å². The summed E-state index contributed by atoms with van der Waals surface area (Å²) < 4.78 is 5.76. The van der Waals surface area contributed by atoms with E-state index in [-0.39, 0.29) is 0 Å². The van der Waals surface area contributed by atoms with Crippen LogP contribution < -0.4 is 15.0 Å². The first-order valence-electron chi connectivity index (χ1n) is 6.48. The van der Waals surface area contributed by atoms with Crippen LogP contribution in [0.3, 0.4) is 0 Å². The van der Waals surface area contributed by atoms with Crippen LogP contribution >= 0.6 is 0 Å². The number of hydrogen-bond acceptors (Lipinski definition) is 4. The van der Waals surface area contributed by atoms with E-state index in [1.807, 2.05) is 6.20 Å². The van der Waals surface area contributed by atoms with Gasteiger partial charge in [0.15, 0.2) is 0 Å². The van der Waals surface area contributed by atoms with E-state index in [1.54, 1.807) is 6.20 Å². The highest BCUT2D eigenvalue weighted by Gasteiger charge is 2.17. The molecule has 0 bridgehead atoms. The van der Waals surface area contributed by atoms with E-state index in [4.69, 9.17) is 4.74 Å². The van der Waals surface area contributed by atoms with Crippen molar-refractivity contribution in [3.05, 3.63) is 18.5 Å². The molecule has 0 radical (unpaired) electrons. The molecule has 17 heavy (non-hydrogen) atoms. The minimum Gasteiger partial charge on any atom is -0.490 e. The van der Waals surface area contributed by atoms with Crippen molar-refractivity contribution >= 4 is 5.69 Å². The second-order valence-corrected chi connectivity index (χ2v) is 4.82. The number of anilines is 1. The van der Waals surface area contributed by atoms with Gasteiger partial charge in [0.25, 0.3) is 0 Å². The van der Waals surface area contributed by atoms with Crippen molar-refractivity contribution in [1.82, 2.24) is 10.3 Å². The predicted molar refractivity (Wildman–Crippen MR) is 67.6 cm³/mol. The first-order chi connectivity index (χ1) is 8.42. The van der Waals surface area contributed by atoms with Crippen LogP contribution in [0, 0.1) is 0 Å². The first-order valence-corrected chi connectivity index (χ1v) is 6.48. The molecule has 2 fully saturated rings. The van der Waals surface area contributed by atoms with Gasteiger partial charge in [0.2, 0.25) is 0 Å². The van der Waals surface area contributed by atoms with Crippen LogP contribution in [0.25, 0.3) is 0 Å². The number of nitrogens with zero attached hydrogens (tertiary/aromatic N) is 2. The average molecular weight is 233 g/mol. The summed E-state index contributed by atoms with van der Waals surface area (Å²) in [6.45, 7) is 4.18. The molecule has 0 aliphatic carbocycles. The van der Waals surface area contributed by atoms with Gasteiger partial charge < -0.3 is 15.0 Å². The van der Waals surface area contributed by atoms with Crippen LogP contribution in [0.2, 0.25) is 0 Å². The highest BCUT2D eigenvalue weighted by molar-refractivity contribution is 5.48. The van der Waals surface area contributed by atoms with Gasteiger partial charge in [-0.25, -0.2) is 0 Å². The van der Waals surface area contributed by atoms with E-state index in [0.29, 0.717) is 6.04 Å². The molecule has 4 heteroatoms. The fourth-order valence-corrected chi connectivity index (χ4v) is 2.32. The molecule has 0 amide bonds. The first kappa shape index (κ1) is 10.8. The van der Waals surface area contributed by atoms with Gasteiger partial charge in [-0.1, -0.05) is 0 Å². The van der Waals surface area contributed by atoms with Gasteiger partial charge in [0, 0.05) is 25.2 Å². The fraction of sp³-hybridized carbons (Fsp3) is 0.615. The molecule has 1 unspecified atom stereocenters. The molecule has 0 spiro atoms. The Hall–Kier alpha value is -1.29. The summed E-state index contributed by atoms with van der Waals surface area (Å²) in [7, 11) is 0. The molecule has 1 atom stereocenters. The van der Waals surface area contributed by atoms with Crippen molar-refractivity contribution in [2.24, 2.45) is 0 Å². The molecule has 2 aliphatic heterocycles. The second-order valence-electron chi connectivity index (χ2n) is 4.82. The molecule has 0 saturated carbocycles. The van der Waals surface area contributed by atoms with Crippen molar-refractivity contribution in [2.75, 3.05) is 31.1 Å². The zero-order valence-corrected chi connectivity index (χ0v) is 10.1. The van der Waals surface area contributed by atoms with Crippen molar-refractivity contribution in [2.45, 2.75) is 25.3 Å². The van der Waals surface area contributed by atoms with Crippen molar-refractivity contribution < 1.29 is 4.74 Å². The molecule has 1 aromatic rings. The zero-order valence-electron chi connectivity index (χ0n) is 10.1. The molecule has 2 saturated heterocycles. The summed E-state index contributed by atoms with van der Waals surface area (Å²) >= 11 is 0. The monoisotopic (exact) mass is 233 g/mol. The molecule has 2 aliphatic rings. The van der Waals surface area contributed by atoms with Gasteiger partial charge in [-0.2, -0.15) is 0 Å². The molecule has 3 rings (SSSR count). The Labute approximate surface area is 102 Å². The van der Waals surface area contributed by atoms with Gasteiger partial charge in [-0.05, 0) is 25.8 Å². The minimum absolute atomic E-state index is 0.533. The Bertz CT molecular complexity index is 373. The van der Waals surface area contributed by atoms with E-state index < -0.39 is 0 Å². The summed E-state index contributed by atoms with van der Waals surface area (Å²) in [6, 6.07) is 2.64. The van der Waals surface area contributed by atoms with E-state index >= 15 is 0 Å². The Kier molecular flexibility index (Phi) is 3.14. The van der Waals surface area contributed by atoms with E-state index in [0.717, 1.165) is 32.0 Å². The van der Waals surface area contributed by atoms with Gasteiger partial charge in [0.1, 0.15) is 12.4 Å². The van der Waals surface area contributed by atoms with Gasteiger partial charge >= 0.3 is 0 Å². The van der Waals surface area contributed by atoms with Crippen molar-refractivity contribution in [3.8, 4) is 5.75 Å². The Morgan fingerprint density at radius 1 is 1.35 bits per heavy atom. The smallest absolute Gasteiger partial charge is 0.139 e. The zero-order chi connectivity index (χ0) is 11.5. The highest BCUT2D eigenvalue weighted by Crippen LogP contribution is 2.23. The maximum absolute atomic E-state index is 5.76. The molecule has 92 valence electrons. The quantitative estimate of drug-likeness (QED) is 0.853. The molecular formula is C13H19N3O. The summed E-state index contributed by atoms with van der Waals surface area (Å²) in [5.74, 6) is 0.892. The van der Waals surface area contributed by atoms with Gasteiger partial charge in [-0.15, -0.1) is 0 Å². The van der Waals surface area contributed by atoms with Crippen LogP contribution in [0.4, 0.5) is 5.69 Å². The second kappa shape index (κ2) is 4.92. The average Bonchev–Trinajstić information content (AvgIpc) is 2.81. The number of pyridine rings is 1. The SMILES string of the molecule is c1ncc(N2CCCC2)cc1OCC1CCN1. The van der Waals surface area contributed by atoms with Crippen LogP contribution in [-0.4, -0.2) is 37.3 Å². The lowest BCUT2D eigenvalue weighted by molar-refractivity contribution is 0.217. The summed E-state index contributed by atoms with van der Waals surface area (Å²) in [6.07, 6.45) is 7.53. The van der Waals surface area contributed by atoms with Gasteiger partial charge in [-0.3, -0.25) is 4.98 Å². The topological polar surface area (TPSA) is 37.4 Å². The number of hydrogen-bond donors (Lipinski definition) is 1. The third-order valence-corrected chi connectivity index (χ3v) is 3.55. The third-order valence-electron chi connectivity index (χ3n) is 3.55. The lowest BCUT2D eigenvalue weighted by Gasteiger charge is -2.27. The lowest BCUT2D eigenvalue weighted by atomic mass is 10.1. The van der Waals surface area contributed by atoms with E-state index in [9.17, 15) is 0 Å². The molecule has 4 nitrogen and oxygen atoms in total. The number of nitrogens with one attached hydrogen (secondary N) is 1. The van der Waals surface area contributed by atoms with Crippen LogP contribution in [0.5, 0.6) is 5.75 Å². The third kappa shape index (κ3) is 2.52. The van der Waals surface area contributed by atoms with Crippen LogP contribution in [-0.2, 0) is 0 Å². The van der Waals surface area contributed by atoms with E-state index in [2.05, 4.69) is 21.3 Å². The number of aromatic nitrogens is 1. The molecule has 1 aromatic heterocycles. The maximum atomic E-state index is 5.76. The number of ether oxygens (including phenoxy) is 1. The summed E-state index contributed by atoms with van der Waals surface area (Å²) in [5, 5.41) is 3.33. The Morgan fingerprint density at radius 3 is 2.88 bits per heavy atom. The highest BCUT2D eigenvalue weighted by atomic mass is 16.5. The number of rotatable bonds is 4. The van der Waals surface area contributed by atoms with E-state index in [1.165, 1.54) is 24.9 Å². The normalized spacial score (nSPS) is 23.5. The molecule has 3 heterocycles. The summed E-state index contributed by atoms with van der Waals surface area (Å²) in [4.78, 5) is 6.64. The standard InChI is InChI=1S/C13H19N3O/c1-2-6-16(5-1)12-7-13(9-14-8-12)17-10-11-3-4-15-11/h7-9,11,15H,1-6,10H2. The van der Waals surface area contributed by atoms with Gasteiger partial charge in [0.05, 0.1) is 18.1 Å². The largest absolute Gasteiger partial charge is 0.490 e. The molecule has 1 N–H and O–H groups in total. The Morgan fingerprint density at radius 2 is 2.18 bits per heavy atom. The van der Waals surface area contributed by atoms with Crippen LogP contribution in [0.15, 0.2) is 18.5 Å².